The van der Waals surface area contributed by atoms with E-state index >= 15 is 0 Å². The maximum Gasteiger partial charge on any atom is 0.211 e. The van der Waals surface area contributed by atoms with Crippen molar-refractivity contribution in [3.63, 3.8) is 0 Å². The Hall–Kier alpha value is -4.47. The van der Waals surface area contributed by atoms with Gasteiger partial charge in [-0.2, -0.15) is 10.5 Å². The number of nitrogens with zero attached hydrogens (tertiary/aromatic N) is 4. The first-order chi connectivity index (χ1) is 15.5. The van der Waals surface area contributed by atoms with Crippen LogP contribution in [0, 0.1) is 22.8 Å². The van der Waals surface area contributed by atoms with Gasteiger partial charge in [-0.25, -0.2) is 9.98 Å². The molecule has 10 heteroatoms. The number of para-hydroxylation sites is 1. The number of fused-ring (bicyclic) bond motifs is 1. The third-order valence-electron chi connectivity index (χ3n) is 4.91. The van der Waals surface area contributed by atoms with E-state index in [1.54, 1.807) is 12.1 Å². The number of hydrogen-bond donors (Lipinski definition) is 4. The number of halogens is 1. The van der Waals surface area contributed by atoms with Gasteiger partial charge >= 0.3 is 0 Å². The summed E-state index contributed by atoms with van der Waals surface area (Å²) in [7, 11) is 0. The summed E-state index contributed by atoms with van der Waals surface area (Å²) < 4.78 is 6.08. The number of ether oxygens (including phenoxy) is 1. The van der Waals surface area contributed by atoms with Gasteiger partial charge in [0.2, 0.25) is 5.96 Å². The van der Waals surface area contributed by atoms with E-state index in [2.05, 4.69) is 20.6 Å². The molecular weight excluding hydrogens is 428 g/mol. The van der Waals surface area contributed by atoms with E-state index in [0.717, 1.165) is 5.56 Å². The zero-order chi connectivity index (χ0) is 22.7. The lowest BCUT2D eigenvalue weighted by atomic mass is 9.94. The smallest absolute Gasteiger partial charge is 0.211 e. The number of pyridine rings is 1. The van der Waals surface area contributed by atoms with E-state index in [1.165, 1.54) is 0 Å². The average molecular weight is 445 g/mol. The molecule has 0 fully saturated rings. The van der Waals surface area contributed by atoms with E-state index in [9.17, 15) is 5.26 Å². The number of nitriles is 2. The number of nitrogen functional groups attached to an aromatic ring is 2. The number of nitrogens with two attached hydrogens (primary N) is 2. The summed E-state index contributed by atoms with van der Waals surface area (Å²) in [4.78, 5) is 8.84. The molecule has 1 unspecified atom stereocenters. The van der Waals surface area contributed by atoms with Crippen molar-refractivity contribution >= 4 is 34.9 Å². The van der Waals surface area contributed by atoms with Gasteiger partial charge in [-0.1, -0.05) is 48.0 Å². The number of rotatable bonds is 4. The van der Waals surface area contributed by atoms with Crippen LogP contribution in [0.3, 0.4) is 0 Å². The van der Waals surface area contributed by atoms with Gasteiger partial charge in [-0.3, -0.25) is 5.32 Å². The Kier molecular flexibility index (Phi) is 5.67. The maximum absolute atomic E-state index is 9.49. The highest BCUT2D eigenvalue weighted by atomic mass is 35.5. The molecule has 0 radical (unpaired) electrons. The molecule has 0 saturated carbocycles. The molecule has 2 aromatic carbocycles. The summed E-state index contributed by atoms with van der Waals surface area (Å²) in [6, 6.07) is 16.0. The summed E-state index contributed by atoms with van der Waals surface area (Å²) in [5, 5.41) is 24.5. The van der Waals surface area contributed by atoms with E-state index in [-0.39, 0.29) is 29.6 Å². The topological polar surface area (TPSA) is 158 Å². The minimum Gasteiger partial charge on any atom is -0.488 e. The Morgan fingerprint density at radius 3 is 2.62 bits per heavy atom. The Bertz CT molecular complexity index is 1310. The van der Waals surface area contributed by atoms with Crippen LogP contribution in [0.4, 0.5) is 17.3 Å². The van der Waals surface area contributed by atoms with Crippen LogP contribution >= 0.6 is 11.6 Å². The summed E-state index contributed by atoms with van der Waals surface area (Å²) in [5.41, 5.74) is 14.4. The fraction of sp³-hybridized carbons (Fsp3) is 0.0909. The first-order valence-corrected chi connectivity index (χ1v) is 9.85. The van der Waals surface area contributed by atoms with Gasteiger partial charge in [0.05, 0.1) is 5.69 Å². The normalized spacial score (nSPS) is 14.2. The second-order valence-corrected chi connectivity index (χ2v) is 7.23. The Morgan fingerprint density at radius 2 is 1.88 bits per heavy atom. The van der Waals surface area contributed by atoms with Crippen molar-refractivity contribution in [3.8, 4) is 18.0 Å². The molecule has 0 aliphatic carbocycles. The third kappa shape index (κ3) is 3.81. The predicted molar refractivity (Wildman–Crippen MR) is 122 cm³/mol. The van der Waals surface area contributed by atoms with Crippen molar-refractivity contribution in [2.75, 3.05) is 16.8 Å². The molecule has 6 N–H and O–H groups in total. The summed E-state index contributed by atoms with van der Waals surface area (Å²) in [6.07, 6.45) is 1.83. The molecule has 0 spiro atoms. The molecule has 32 heavy (non-hydrogen) atoms. The third-order valence-corrected chi connectivity index (χ3v) is 5.28. The minimum atomic E-state index is -0.704. The molecule has 1 aliphatic rings. The lowest BCUT2D eigenvalue weighted by molar-refractivity contribution is 0.302. The molecule has 9 nitrogen and oxygen atoms in total. The van der Waals surface area contributed by atoms with Gasteiger partial charge in [0, 0.05) is 21.7 Å². The molecule has 158 valence electrons. The average Bonchev–Trinajstić information content (AvgIpc) is 2.78. The number of benzene rings is 2. The second kappa shape index (κ2) is 8.72. The summed E-state index contributed by atoms with van der Waals surface area (Å²) in [6.45, 7) is 0.237. The maximum atomic E-state index is 9.49. The Morgan fingerprint density at radius 1 is 1.12 bits per heavy atom. The van der Waals surface area contributed by atoms with Crippen LogP contribution in [-0.4, -0.2) is 10.9 Å². The fourth-order valence-electron chi connectivity index (χ4n) is 3.41. The molecule has 1 aliphatic heterocycles. The molecular formula is C22H17ClN8O. The number of aromatic nitrogens is 1. The fourth-order valence-corrected chi connectivity index (χ4v) is 3.61. The van der Waals surface area contributed by atoms with Crippen LogP contribution in [0.5, 0.6) is 5.75 Å². The van der Waals surface area contributed by atoms with Gasteiger partial charge in [0.1, 0.15) is 41.7 Å². The van der Waals surface area contributed by atoms with E-state index in [0.29, 0.717) is 27.7 Å². The van der Waals surface area contributed by atoms with Gasteiger partial charge < -0.3 is 21.5 Å². The molecule has 2 heterocycles. The molecule has 0 bridgehead atoms. The second-order valence-electron chi connectivity index (χ2n) is 6.82. The monoisotopic (exact) mass is 444 g/mol. The van der Waals surface area contributed by atoms with Gasteiger partial charge in [0.15, 0.2) is 6.19 Å². The first kappa shape index (κ1) is 20.8. The minimum absolute atomic E-state index is 0.0172. The molecule has 1 atom stereocenters. The molecule has 0 amide bonds. The number of anilines is 3. The highest BCUT2D eigenvalue weighted by Crippen LogP contribution is 2.43. The number of hydrogen-bond acceptors (Lipinski definition) is 9. The van der Waals surface area contributed by atoms with Crippen LogP contribution in [0.15, 0.2) is 53.5 Å². The van der Waals surface area contributed by atoms with Crippen LogP contribution in [0.1, 0.15) is 28.3 Å². The van der Waals surface area contributed by atoms with Gasteiger partial charge in [-0.15, -0.1) is 0 Å². The number of nitrogens with one attached hydrogen (secondary N) is 2. The van der Waals surface area contributed by atoms with Crippen LogP contribution in [0.2, 0.25) is 5.02 Å². The largest absolute Gasteiger partial charge is 0.488 e. The Labute approximate surface area is 188 Å². The first-order valence-electron chi connectivity index (χ1n) is 9.47. The predicted octanol–water partition coefficient (Wildman–Crippen LogP) is 3.29. The lowest BCUT2D eigenvalue weighted by Crippen LogP contribution is -2.32. The molecule has 0 saturated heterocycles. The number of guanidine groups is 1. The van der Waals surface area contributed by atoms with Crippen LogP contribution < -0.4 is 26.8 Å². The lowest BCUT2D eigenvalue weighted by Gasteiger charge is -2.27. The van der Waals surface area contributed by atoms with Crippen LogP contribution in [-0.2, 0) is 6.61 Å². The highest BCUT2D eigenvalue weighted by molar-refractivity contribution is 6.31. The standard InChI is InChI=1S/C22H17ClN8O/c23-15-7-3-1-5-12(15)10-32-16-8-4-2-6-13(16)19-17-18(26)14(9-24)20(27)30-21(17)31-22(29-19)28-11-25/h1-8,19H,10H2,(H6,26,27,28,29,30,31). The van der Waals surface area contributed by atoms with Crippen molar-refractivity contribution in [3.05, 3.63) is 75.8 Å². The van der Waals surface area contributed by atoms with E-state index < -0.39 is 6.04 Å². The van der Waals surface area contributed by atoms with Crippen molar-refractivity contribution in [1.82, 2.24) is 10.3 Å². The van der Waals surface area contributed by atoms with Crippen LogP contribution in [0.25, 0.3) is 0 Å². The van der Waals surface area contributed by atoms with E-state index in [4.69, 9.17) is 33.1 Å². The van der Waals surface area contributed by atoms with Gasteiger partial charge in [-0.05, 0) is 12.1 Å². The summed E-state index contributed by atoms with van der Waals surface area (Å²) >= 11 is 6.25. The quantitative estimate of drug-likeness (QED) is 0.352. The van der Waals surface area contributed by atoms with E-state index in [1.807, 2.05) is 48.7 Å². The van der Waals surface area contributed by atoms with Crippen molar-refractivity contribution in [2.45, 2.75) is 12.6 Å². The zero-order valence-electron chi connectivity index (χ0n) is 16.6. The van der Waals surface area contributed by atoms with Crippen molar-refractivity contribution in [2.24, 2.45) is 4.99 Å². The van der Waals surface area contributed by atoms with Gasteiger partial charge in [0.25, 0.3) is 0 Å². The molecule has 4 rings (SSSR count). The van der Waals surface area contributed by atoms with Crippen molar-refractivity contribution < 1.29 is 4.74 Å². The summed E-state index contributed by atoms with van der Waals surface area (Å²) in [5.74, 6) is 0.996. The number of aliphatic imine (C=N–C) groups is 1. The van der Waals surface area contributed by atoms with Crippen molar-refractivity contribution in [1.29, 1.82) is 10.5 Å². The SMILES string of the molecule is N#CNC1=NC(c2ccccc2OCc2ccccc2Cl)c2c(nc(N)c(C#N)c2N)N1. The highest BCUT2D eigenvalue weighted by Gasteiger charge is 2.31. The Balaban J connectivity index is 1.81. The zero-order valence-corrected chi connectivity index (χ0v) is 17.4. The molecule has 3 aromatic rings. The molecule has 1 aromatic heterocycles.